The summed E-state index contributed by atoms with van der Waals surface area (Å²) in [6.07, 6.45) is 1.72. The maximum Gasteiger partial charge on any atom is 0.267 e. The first kappa shape index (κ1) is 20.6. The molecule has 6 nitrogen and oxygen atoms in total. The van der Waals surface area contributed by atoms with Crippen LogP contribution < -0.4 is 16.8 Å². The molecule has 1 aromatic heterocycles. The Labute approximate surface area is 181 Å². The van der Waals surface area contributed by atoms with Crippen LogP contribution in [0.15, 0.2) is 66.7 Å². The van der Waals surface area contributed by atoms with E-state index in [9.17, 15) is 4.79 Å². The quantitative estimate of drug-likeness (QED) is 0.201. The van der Waals surface area contributed by atoms with Gasteiger partial charge in [-0.1, -0.05) is 54.6 Å². The summed E-state index contributed by atoms with van der Waals surface area (Å²) in [6.45, 7) is 1.74. The molecule has 0 radical (unpaired) electrons. The van der Waals surface area contributed by atoms with Gasteiger partial charge in [-0.15, -0.1) is 0 Å². The second kappa shape index (κ2) is 9.02. The van der Waals surface area contributed by atoms with E-state index < -0.39 is 0 Å². The molecule has 4 rings (SSSR count). The highest BCUT2D eigenvalue weighted by molar-refractivity contribution is 6.02. The van der Waals surface area contributed by atoms with Crippen molar-refractivity contribution in [3.8, 4) is 0 Å². The summed E-state index contributed by atoms with van der Waals surface area (Å²) in [6, 6.07) is 22.0. The number of nitrogens with zero attached hydrogens (tertiary/aromatic N) is 1. The Balaban J connectivity index is 1.79. The third-order valence-corrected chi connectivity index (χ3v) is 5.57. The summed E-state index contributed by atoms with van der Waals surface area (Å²) in [7, 11) is 0. The maximum atomic E-state index is 13.0. The van der Waals surface area contributed by atoms with Gasteiger partial charge >= 0.3 is 0 Å². The monoisotopic (exact) mass is 413 g/mol. The summed E-state index contributed by atoms with van der Waals surface area (Å²) < 4.78 is 2.02. The third kappa shape index (κ3) is 4.29. The molecule has 0 bridgehead atoms. The first-order valence-corrected chi connectivity index (χ1v) is 10.5. The molecule has 0 unspecified atom stereocenters. The van der Waals surface area contributed by atoms with Crippen molar-refractivity contribution in [3.05, 3.63) is 83.6 Å². The fraction of sp³-hybridized carbons (Fsp3) is 0.200. The number of amides is 1. The number of rotatable bonds is 8. The van der Waals surface area contributed by atoms with E-state index in [1.54, 1.807) is 0 Å². The highest BCUT2D eigenvalue weighted by Crippen LogP contribution is 2.26. The van der Waals surface area contributed by atoms with Gasteiger partial charge in [0.1, 0.15) is 11.5 Å². The van der Waals surface area contributed by atoms with E-state index in [0.717, 1.165) is 40.1 Å². The average Bonchev–Trinajstić information content (AvgIpc) is 3.14. The summed E-state index contributed by atoms with van der Waals surface area (Å²) in [5.41, 5.74) is 14.5. The number of hydrogen-bond acceptors (Lipinski definition) is 3. The highest BCUT2D eigenvalue weighted by atomic mass is 16.1. The minimum absolute atomic E-state index is 0.00703. The molecule has 3 aromatic carbocycles. The Bertz CT molecular complexity index is 1250. The van der Waals surface area contributed by atoms with Gasteiger partial charge in [-0.3, -0.25) is 10.2 Å². The molecular weight excluding hydrogens is 386 g/mol. The normalized spacial score (nSPS) is 11.1. The van der Waals surface area contributed by atoms with Gasteiger partial charge in [0.2, 0.25) is 0 Å². The summed E-state index contributed by atoms with van der Waals surface area (Å²) in [5, 5.41) is 14.1. The Kier molecular flexibility index (Phi) is 6.00. The van der Waals surface area contributed by atoms with Crippen molar-refractivity contribution in [1.82, 2.24) is 9.88 Å². The lowest BCUT2D eigenvalue weighted by Crippen LogP contribution is -2.27. The summed E-state index contributed by atoms with van der Waals surface area (Å²) in [5.74, 6) is -0.106. The van der Waals surface area contributed by atoms with Crippen molar-refractivity contribution in [1.29, 1.82) is 5.41 Å². The van der Waals surface area contributed by atoms with E-state index in [2.05, 4.69) is 29.6 Å². The minimum Gasteiger partial charge on any atom is -0.384 e. The van der Waals surface area contributed by atoms with E-state index >= 15 is 0 Å². The summed E-state index contributed by atoms with van der Waals surface area (Å²) in [4.78, 5) is 13.0. The molecule has 6 heteroatoms. The zero-order chi connectivity index (χ0) is 21.8. The lowest BCUT2D eigenvalue weighted by Gasteiger charge is -2.14. The number of nitrogens with two attached hydrogens (primary N) is 2. The van der Waals surface area contributed by atoms with Crippen LogP contribution in [0.4, 0.5) is 0 Å². The van der Waals surface area contributed by atoms with Crippen LogP contribution in [0, 0.1) is 5.41 Å². The largest absolute Gasteiger partial charge is 0.384 e. The van der Waals surface area contributed by atoms with Gasteiger partial charge in [0.25, 0.3) is 5.91 Å². The number of aromatic nitrogens is 1. The summed E-state index contributed by atoms with van der Waals surface area (Å²) >= 11 is 0. The Morgan fingerprint density at radius 2 is 1.77 bits per heavy atom. The predicted molar refractivity (Wildman–Crippen MR) is 127 cm³/mol. The first-order chi connectivity index (χ1) is 15.1. The second-order valence-electron chi connectivity index (χ2n) is 7.69. The van der Waals surface area contributed by atoms with Gasteiger partial charge in [-0.05, 0) is 47.9 Å². The van der Waals surface area contributed by atoms with Crippen LogP contribution in [0.25, 0.3) is 21.7 Å². The van der Waals surface area contributed by atoms with Crippen LogP contribution in [-0.2, 0) is 6.54 Å². The average molecular weight is 414 g/mol. The molecule has 0 spiro atoms. The molecule has 0 aliphatic rings. The maximum absolute atomic E-state index is 13.0. The van der Waals surface area contributed by atoms with Crippen LogP contribution in [0.3, 0.4) is 0 Å². The Morgan fingerprint density at radius 1 is 0.968 bits per heavy atom. The van der Waals surface area contributed by atoms with Crippen LogP contribution in [0.2, 0.25) is 0 Å². The topological polar surface area (TPSA) is 110 Å². The highest BCUT2D eigenvalue weighted by Gasteiger charge is 2.17. The Morgan fingerprint density at radius 3 is 2.58 bits per heavy atom. The van der Waals surface area contributed by atoms with Crippen molar-refractivity contribution in [2.75, 3.05) is 13.1 Å². The fourth-order valence-corrected chi connectivity index (χ4v) is 3.94. The van der Waals surface area contributed by atoms with Crippen molar-refractivity contribution in [3.63, 3.8) is 0 Å². The van der Waals surface area contributed by atoms with Gasteiger partial charge in [0.15, 0.2) is 0 Å². The molecule has 0 aliphatic carbocycles. The molecule has 6 N–H and O–H groups in total. The smallest absolute Gasteiger partial charge is 0.267 e. The third-order valence-electron chi connectivity index (χ3n) is 5.57. The number of hydrogen-bond donors (Lipinski definition) is 4. The van der Waals surface area contributed by atoms with Crippen molar-refractivity contribution in [2.24, 2.45) is 11.5 Å². The number of benzene rings is 3. The molecule has 0 aliphatic heterocycles. The zero-order valence-electron chi connectivity index (χ0n) is 17.4. The molecule has 158 valence electrons. The van der Waals surface area contributed by atoms with E-state index in [1.807, 2.05) is 47.0 Å². The molecule has 1 amide bonds. The lowest BCUT2D eigenvalue weighted by atomic mass is 10.0. The van der Waals surface area contributed by atoms with E-state index in [4.69, 9.17) is 16.9 Å². The lowest BCUT2D eigenvalue weighted by molar-refractivity contribution is 0.0944. The number of carbonyl (C=O) groups excluding carboxylic acids is 1. The van der Waals surface area contributed by atoms with Gasteiger partial charge in [0, 0.05) is 29.6 Å². The number of fused-ring (bicyclic) bond motifs is 2. The van der Waals surface area contributed by atoms with Crippen LogP contribution >= 0.6 is 0 Å². The number of amidine groups is 1. The molecule has 0 fully saturated rings. The number of nitrogen functional groups attached to an aromatic ring is 1. The van der Waals surface area contributed by atoms with Gasteiger partial charge in [-0.2, -0.15) is 0 Å². The van der Waals surface area contributed by atoms with Crippen LogP contribution in [-0.4, -0.2) is 29.4 Å². The first-order valence-electron chi connectivity index (χ1n) is 10.5. The SMILES string of the molecule is N=C(N)c1ccc2cc(C(=O)NCCCCN)n(Cc3cccc4ccccc34)c2c1. The molecule has 0 atom stereocenters. The van der Waals surface area contributed by atoms with Gasteiger partial charge in [-0.25, -0.2) is 0 Å². The molecule has 0 saturated heterocycles. The van der Waals surface area contributed by atoms with Crippen molar-refractivity contribution < 1.29 is 4.79 Å². The fourth-order valence-electron chi connectivity index (χ4n) is 3.94. The standard InChI is InChI=1S/C25H27N5O/c26-12-3-4-13-29-25(31)23-14-18-10-11-19(24(27)28)15-22(18)30(23)16-20-8-5-7-17-6-1-2-9-21(17)20/h1-2,5-11,14-15H,3-4,12-13,16,26H2,(H3,27,28)(H,29,31). The second-order valence-corrected chi connectivity index (χ2v) is 7.69. The predicted octanol–water partition coefficient (Wildman–Crippen LogP) is 3.60. The van der Waals surface area contributed by atoms with E-state index in [0.29, 0.717) is 30.9 Å². The Hall–Kier alpha value is -3.64. The van der Waals surface area contributed by atoms with Crippen LogP contribution in [0.5, 0.6) is 0 Å². The zero-order valence-corrected chi connectivity index (χ0v) is 17.4. The molecule has 1 heterocycles. The van der Waals surface area contributed by atoms with Gasteiger partial charge in [0.05, 0.1) is 0 Å². The molecule has 31 heavy (non-hydrogen) atoms. The van der Waals surface area contributed by atoms with Crippen molar-refractivity contribution >= 4 is 33.4 Å². The minimum atomic E-state index is -0.113. The molecule has 4 aromatic rings. The van der Waals surface area contributed by atoms with Crippen molar-refractivity contribution in [2.45, 2.75) is 19.4 Å². The van der Waals surface area contributed by atoms with Crippen LogP contribution in [0.1, 0.15) is 34.5 Å². The van der Waals surface area contributed by atoms with E-state index in [1.165, 1.54) is 0 Å². The number of nitrogens with one attached hydrogen (secondary N) is 2. The van der Waals surface area contributed by atoms with E-state index in [-0.39, 0.29) is 11.7 Å². The molecular formula is C25H27N5O. The van der Waals surface area contributed by atoms with Gasteiger partial charge < -0.3 is 21.4 Å². The number of carbonyl (C=O) groups is 1. The molecule has 0 saturated carbocycles. The number of unbranched alkanes of at least 4 members (excludes halogenated alkanes) is 1.